The molecule has 4 heteroatoms. The van der Waals surface area contributed by atoms with E-state index in [4.69, 9.17) is 5.11 Å². The van der Waals surface area contributed by atoms with Gasteiger partial charge >= 0.3 is 5.97 Å². The molecule has 1 atom stereocenters. The van der Waals surface area contributed by atoms with Crippen molar-refractivity contribution in [2.24, 2.45) is 11.3 Å². The molecule has 0 rings (SSSR count). The average Bonchev–Trinajstić information content (AvgIpc) is 2.12. The van der Waals surface area contributed by atoms with Gasteiger partial charge in [0.25, 0.3) is 0 Å². The van der Waals surface area contributed by atoms with Crippen molar-refractivity contribution in [3.63, 3.8) is 0 Å². The molecule has 0 radical (unpaired) electrons. The molecule has 0 saturated heterocycles. The standard InChI is InChI=1S/C12H23NO3/c1-9(11(15)16)8-10(14)13(5)7-6-12(2,3)4/h9H,6-8H2,1-5H3,(H,15,16). The van der Waals surface area contributed by atoms with E-state index in [0.29, 0.717) is 6.54 Å². The predicted molar refractivity (Wildman–Crippen MR) is 63.1 cm³/mol. The summed E-state index contributed by atoms with van der Waals surface area (Å²) in [4.78, 5) is 23.9. The van der Waals surface area contributed by atoms with Gasteiger partial charge in [-0.2, -0.15) is 0 Å². The van der Waals surface area contributed by atoms with Gasteiger partial charge in [0.1, 0.15) is 0 Å². The Bertz CT molecular complexity index is 255. The van der Waals surface area contributed by atoms with Crippen LogP contribution < -0.4 is 0 Å². The van der Waals surface area contributed by atoms with Crippen LogP contribution in [0.5, 0.6) is 0 Å². The molecule has 0 aromatic carbocycles. The van der Waals surface area contributed by atoms with Gasteiger partial charge < -0.3 is 10.0 Å². The first-order valence-electron chi connectivity index (χ1n) is 5.60. The Morgan fingerprint density at radius 2 is 1.81 bits per heavy atom. The highest BCUT2D eigenvalue weighted by atomic mass is 16.4. The van der Waals surface area contributed by atoms with Crippen LogP contribution in [0.3, 0.4) is 0 Å². The van der Waals surface area contributed by atoms with E-state index in [2.05, 4.69) is 20.8 Å². The molecule has 0 aromatic rings. The molecule has 0 spiro atoms. The maximum absolute atomic E-state index is 11.6. The predicted octanol–water partition coefficient (Wildman–Crippen LogP) is 1.99. The van der Waals surface area contributed by atoms with Crippen LogP contribution in [-0.2, 0) is 9.59 Å². The van der Waals surface area contributed by atoms with Gasteiger partial charge in [-0.25, -0.2) is 0 Å². The molecule has 0 saturated carbocycles. The number of carbonyl (C=O) groups excluding carboxylic acids is 1. The summed E-state index contributed by atoms with van der Waals surface area (Å²) < 4.78 is 0. The number of aliphatic carboxylic acids is 1. The largest absolute Gasteiger partial charge is 0.481 e. The minimum Gasteiger partial charge on any atom is -0.481 e. The molecule has 16 heavy (non-hydrogen) atoms. The molecule has 1 amide bonds. The van der Waals surface area contributed by atoms with Crippen molar-refractivity contribution in [2.45, 2.75) is 40.5 Å². The Balaban J connectivity index is 4.05. The summed E-state index contributed by atoms with van der Waals surface area (Å²) in [6.07, 6.45) is 0.993. The number of carboxylic acids is 1. The number of amides is 1. The second kappa shape index (κ2) is 5.87. The Morgan fingerprint density at radius 3 is 2.19 bits per heavy atom. The average molecular weight is 229 g/mol. The van der Waals surface area contributed by atoms with Crippen LogP contribution in [0.4, 0.5) is 0 Å². The van der Waals surface area contributed by atoms with Crippen molar-refractivity contribution in [3.8, 4) is 0 Å². The fourth-order valence-corrected chi connectivity index (χ4v) is 1.13. The lowest BCUT2D eigenvalue weighted by Crippen LogP contribution is -2.32. The molecule has 0 bridgehead atoms. The molecule has 94 valence electrons. The summed E-state index contributed by atoms with van der Waals surface area (Å²) in [6.45, 7) is 8.58. The van der Waals surface area contributed by atoms with Crippen LogP contribution in [0.25, 0.3) is 0 Å². The Hall–Kier alpha value is -1.06. The van der Waals surface area contributed by atoms with E-state index in [9.17, 15) is 9.59 Å². The van der Waals surface area contributed by atoms with Gasteiger partial charge in [-0.05, 0) is 11.8 Å². The van der Waals surface area contributed by atoms with Gasteiger partial charge in [0.15, 0.2) is 0 Å². The quantitative estimate of drug-likeness (QED) is 0.784. The van der Waals surface area contributed by atoms with E-state index in [1.807, 2.05) is 0 Å². The van der Waals surface area contributed by atoms with Crippen LogP contribution >= 0.6 is 0 Å². The van der Waals surface area contributed by atoms with Crippen LogP contribution in [0.1, 0.15) is 40.5 Å². The molecular weight excluding hydrogens is 206 g/mol. The smallest absolute Gasteiger partial charge is 0.306 e. The van der Waals surface area contributed by atoms with Crippen molar-refractivity contribution < 1.29 is 14.7 Å². The second-order valence-electron chi connectivity index (χ2n) is 5.57. The summed E-state index contributed by atoms with van der Waals surface area (Å²) in [6, 6.07) is 0. The summed E-state index contributed by atoms with van der Waals surface area (Å²) in [7, 11) is 1.72. The zero-order chi connectivity index (χ0) is 12.9. The minimum absolute atomic E-state index is 0.0793. The zero-order valence-electron chi connectivity index (χ0n) is 10.9. The van der Waals surface area contributed by atoms with E-state index in [-0.39, 0.29) is 17.7 Å². The highest BCUT2D eigenvalue weighted by Crippen LogP contribution is 2.18. The number of hydrogen-bond donors (Lipinski definition) is 1. The van der Waals surface area contributed by atoms with Crippen LogP contribution in [0, 0.1) is 11.3 Å². The third kappa shape index (κ3) is 6.43. The zero-order valence-corrected chi connectivity index (χ0v) is 10.9. The first-order valence-corrected chi connectivity index (χ1v) is 5.60. The molecule has 0 heterocycles. The van der Waals surface area contributed by atoms with Gasteiger partial charge in [0.05, 0.1) is 5.92 Å². The van der Waals surface area contributed by atoms with Crippen LogP contribution in [-0.4, -0.2) is 35.5 Å². The SMILES string of the molecule is CC(CC(=O)N(C)CCC(C)(C)C)C(=O)O. The van der Waals surface area contributed by atoms with E-state index in [1.165, 1.54) is 0 Å². The molecular formula is C12H23NO3. The van der Waals surface area contributed by atoms with Gasteiger partial charge in [0, 0.05) is 20.0 Å². The Labute approximate surface area is 97.6 Å². The molecule has 0 aliphatic carbocycles. The maximum Gasteiger partial charge on any atom is 0.306 e. The first kappa shape index (κ1) is 14.9. The van der Waals surface area contributed by atoms with Gasteiger partial charge in [-0.3, -0.25) is 9.59 Å². The molecule has 0 aliphatic rings. The van der Waals surface area contributed by atoms with Crippen LogP contribution in [0.15, 0.2) is 0 Å². The number of hydrogen-bond acceptors (Lipinski definition) is 2. The number of rotatable bonds is 5. The third-order valence-electron chi connectivity index (χ3n) is 2.53. The van der Waals surface area contributed by atoms with Gasteiger partial charge in [-0.1, -0.05) is 27.7 Å². The van der Waals surface area contributed by atoms with E-state index < -0.39 is 11.9 Å². The van der Waals surface area contributed by atoms with E-state index >= 15 is 0 Å². The Kier molecular flexibility index (Phi) is 5.48. The summed E-state index contributed by atoms with van der Waals surface area (Å²) in [5.74, 6) is -1.62. The lowest BCUT2D eigenvalue weighted by atomic mass is 9.92. The summed E-state index contributed by atoms with van der Waals surface area (Å²) in [5.41, 5.74) is 0.187. The minimum atomic E-state index is -0.919. The maximum atomic E-state index is 11.6. The first-order chi connectivity index (χ1) is 7.13. The van der Waals surface area contributed by atoms with Crippen molar-refractivity contribution >= 4 is 11.9 Å². The molecule has 1 N–H and O–H groups in total. The molecule has 0 aromatic heterocycles. The van der Waals surface area contributed by atoms with E-state index in [0.717, 1.165) is 6.42 Å². The molecule has 0 fully saturated rings. The number of nitrogens with zero attached hydrogens (tertiary/aromatic N) is 1. The van der Waals surface area contributed by atoms with Crippen molar-refractivity contribution in [3.05, 3.63) is 0 Å². The van der Waals surface area contributed by atoms with Crippen LogP contribution in [0.2, 0.25) is 0 Å². The lowest BCUT2D eigenvalue weighted by molar-refractivity contribution is -0.145. The molecule has 4 nitrogen and oxygen atoms in total. The van der Waals surface area contributed by atoms with Crippen molar-refractivity contribution in [1.82, 2.24) is 4.90 Å². The molecule has 0 aliphatic heterocycles. The van der Waals surface area contributed by atoms with Crippen molar-refractivity contribution in [2.75, 3.05) is 13.6 Å². The highest BCUT2D eigenvalue weighted by Gasteiger charge is 2.19. The fourth-order valence-electron chi connectivity index (χ4n) is 1.13. The monoisotopic (exact) mass is 229 g/mol. The normalized spacial score (nSPS) is 13.3. The highest BCUT2D eigenvalue weighted by molar-refractivity contribution is 5.81. The third-order valence-corrected chi connectivity index (χ3v) is 2.53. The lowest BCUT2D eigenvalue weighted by Gasteiger charge is -2.24. The van der Waals surface area contributed by atoms with Crippen molar-refractivity contribution in [1.29, 1.82) is 0 Å². The fraction of sp³-hybridized carbons (Fsp3) is 0.833. The second-order valence-corrected chi connectivity index (χ2v) is 5.57. The Morgan fingerprint density at radius 1 is 1.31 bits per heavy atom. The molecule has 1 unspecified atom stereocenters. The van der Waals surface area contributed by atoms with Gasteiger partial charge in [-0.15, -0.1) is 0 Å². The summed E-state index contributed by atoms with van der Waals surface area (Å²) >= 11 is 0. The van der Waals surface area contributed by atoms with Gasteiger partial charge in [0.2, 0.25) is 5.91 Å². The van der Waals surface area contributed by atoms with E-state index in [1.54, 1.807) is 18.9 Å². The summed E-state index contributed by atoms with van der Waals surface area (Å²) in [5, 5.41) is 8.70. The topological polar surface area (TPSA) is 57.6 Å². The number of carboxylic acid groups (broad SMARTS) is 1. The number of carbonyl (C=O) groups is 2.